The van der Waals surface area contributed by atoms with Crippen molar-refractivity contribution in [2.24, 2.45) is 0 Å². The lowest BCUT2D eigenvalue weighted by molar-refractivity contribution is 0.301. The van der Waals surface area contributed by atoms with Crippen molar-refractivity contribution in [1.82, 2.24) is 4.72 Å². The van der Waals surface area contributed by atoms with Crippen LogP contribution < -0.4 is 4.72 Å². The molecular weight excluding hydrogens is 214 g/mol. The van der Waals surface area contributed by atoms with Gasteiger partial charge in [0.15, 0.2) is 0 Å². The van der Waals surface area contributed by atoms with E-state index in [9.17, 15) is 8.42 Å². The highest BCUT2D eigenvalue weighted by atomic mass is 32.2. The van der Waals surface area contributed by atoms with Gasteiger partial charge in [-0.1, -0.05) is 29.8 Å². The molecule has 1 rings (SSSR count). The Morgan fingerprint density at radius 1 is 1.40 bits per heavy atom. The second kappa shape index (κ2) is 5.25. The predicted molar refractivity (Wildman–Crippen MR) is 58.9 cm³/mol. The molecule has 0 amide bonds. The topological polar surface area (TPSA) is 66.4 Å². The highest BCUT2D eigenvalue weighted by molar-refractivity contribution is 7.88. The van der Waals surface area contributed by atoms with Gasteiger partial charge in [0.25, 0.3) is 0 Å². The summed E-state index contributed by atoms with van der Waals surface area (Å²) in [5, 5.41) is 8.51. The largest absolute Gasteiger partial charge is 0.395 e. The molecule has 0 atom stereocenters. The Morgan fingerprint density at radius 2 is 2.13 bits per heavy atom. The zero-order chi connectivity index (χ0) is 11.3. The molecule has 1 aromatic carbocycles. The molecule has 0 aliphatic carbocycles. The quantitative estimate of drug-likeness (QED) is 0.768. The highest BCUT2D eigenvalue weighted by Crippen LogP contribution is 2.07. The summed E-state index contributed by atoms with van der Waals surface area (Å²) in [6.07, 6.45) is 0. The Kier molecular flexibility index (Phi) is 4.26. The van der Waals surface area contributed by atoms with E-state index in [0.29, 0.717) is 0 Å². The van der Waals surface area contributed by atoms with Crippen molar-refractivity contribution in [3.8, 4) is 0 Å². The summed E-state index contributed by atoms with van der Waals surface area (Å²) in [7, 11) is -3.32. The van der Waals surface area contributed by atoms with Gasteiger partial charge in [-0.05, 0) is 12.5 Å². The van der Waals surface area contributed by atoms with E-state index in [1.165, 1.54) is 0 Å². The molecule has 0 spiro atoms. The number of aliphatic hydroxyl groups excluding tert-OH is 1. The van der Waals surface area contributed by atoms with Gasteiger partial charge in [0, 0.05) is 6.54 Å². The van der Waals surface area contributed by atoms with Crippen molar-refractivity contribution in [1.29, 1.82) is 0 Å². The summed E-state index contributed by atoms with van der Waals surface area (Å²) >= 11 is 0. The monoisotopic (exact) mass is 229 g/mol. The Balaban J connectivity index is 2.69. The van der Waals surface area contributed by atoms with Gasteiger partial charge in [0.2, 0.25) is 10.0 Å². The Morgan fingerprint density at radius 3 is 2.73 bits per heavy atom. The number of aryl methyl sites for hydroxylation is 1. The molecule has 4 nitrogen and oxygen atoms in total. The van der Waals surface area contributed by atoms with Crippen molar-refractivity contribution in [2.45, 2.75) is 12.7 Å². The summed E-state index contributed by atoms with van der Waals surface area (Å²) < 4.78 is 25.2. The number of aliphatic hydroxyl groups is 1. The van der Waals surface area contributed by atoms with Crippen LogP contribution in [0.25, 0.3) is 0 Å². The summed E-state index contributed by atoms with van der Waals surface area (Å²) in [6.45, 7) is 1.79. The minimum atomic E-state index is -3.32. The molecule has 15 heavy (non-hydrogen) atoms. The Bertz CT molecular complexity index is 414. The first-order valence-corrected chi connectivity index (χ1v) is 6.32. The first-order valence-electron chi connectivity index (χ1n) is 4.67. The van der Waals surface area contributed by atoms with Crippen molar-refractivity contribution >= 4 is 10.0 Å². The molecule has 0 heterocycles. The van der Waals surface area contributed by atoms with Gasteiger partial charge < -0.3 is 5.11 Å². The third-order valence-corrected chi connectivity index (χ3v) is 3.23. The smallest absolute Gasteiger partial charge is 0.215 e. The van der Waals surface area contributed by atoms with Gasteiger partial charge in [-0.25, -0.2) is 13.1 Å². The van der Waals surface area contributed by atoms with E-state index in [1.807, 2.05) is 25.1 Å². The van der Waals surface area contributed by atoms with Gasteiger partial charge in [0.1, 0.15) is 0 Å². The van der Waals surface area contributed by atoms with Crippen LogP contribution in [0.3, 0.4) is 0 Å². The minimum Gasteiger partial charge on any atom is -0.395 e. The lowest BCUT2D eigenvalue weighted by atomic mass is 10.2. The van der Waals surface area contributed by atoms with E-state index in [1.54, 1.807) is 6.07 Å². The number of rotatable bonds is 5. The predicted octanol–water partition coefficient (Wildman–Crippen LogP) is 0.407. The van der Waals surface area contributed by atoms with E-state index in [2.05, 4.69) is 4.72 Å². The van der Waals surface area contributed by atoms with Gasteiger partial charge in [-0.15, -0.1) is 0 Å². The molecule has 2 N–H and O–H groups in total. The average molecular weight is 229 g/mol. The fourth-order valence-corrected chi connectivity index (χ4v) is 2.40. The van der Waals surface area contributed by atoms with Gasteiger partial charge in [-0.2, -0.15) is 0 Å². The fourth-order valence-electron chi connectivity index (χ4n) is 1.27. The standard InChI is InChI=1S/C10H15NO3S/c1-9-3-2-4-10(7-9)8-15(13,14)11-5-6-12/h2-4,7,11-12H,5-6,8H2,1H3. The molecule has 0 aromatic heterocycles. The lowest BCUT2D eigenvalue weighted by Gasteiger charge is -2.05. The first-order chi connectivity index (χ1) is 7.03. The number of hydrogen-bond acceptors (Lipinski definition) is 3. The first kappa shape index (κ1) is 12.2. The number of hydrogen-bond donors (Lipinski definition) is 2. The molecule has 0 unspecified atom stereocenters. The summed E-state index contributed by atoms with van der Waals surface area (Å²) in [6, 6.07) is 7.34. The molecule has 0 saturated carbocycles. The van der Waals surface area contributed by atoms with Gasteiger partial charge in [0.05, 0.1) is 12.4 Å². The van der Waals surface area contributed by atoms with Crippen LogP contribution in [0.15, 0.2) is 24.3 Å². The molecule has 0 bridgehead atoms. The van der Waals surface area contributed by atoms with Crippen LogP contribution in [-0.4, -0.2) is 26.7 Å². The van der Waals surface area contributed by atoms with Gasteiger partial charge >= 0.3 is 0 Å². The molecule has 5 heteroatoms. The second-order valence-corrected chi connectivity index (χ2v) is 5.17. The maximum atomic E-state index is 11.4. The van der Waals surface area contributed by atoms with Crippen molar-refractivity contribution in [3.63, 3.8) is 0 Å². The molecule has 0 aliphatic heterocycles. The molecular formula is C10H15NO3S. The molecule has 0 fully saturated rings. The van der Waals surface area contributed by atoms with E-state index < -0.39 is 10.0 Å². The normalized spacial score (nSPS) is 11.6. The van der Waals surface area contributed by atoms with E-state index in [-0.39, 0.29) is 18.9 Å². The van der Waals surface area contributed by atoms with E-state index in [4.69, 9.17) is 5.11 Å². The van der Waals surface area contributed by atoms with Crippen LogP contribution in [-0.2, 0) is 15.8 Å². The van der Waals surface area contributed by atoms with Crippen LogP contribution in [0.5, 0.6) is 0 Å². The van der Waals surface area contributed by atoms with Crippen LogP contribution >= 0.6 is 0 Å². The van der Waals surface area contributed by atoms with E-state index in [0.717, 1.165) is 11.1 Å². The van der Waals surface area contributed by atoms with Crippen molar-refractivity contribution in [2.75, 3.05) is 13.2 Å². The zero-order valence-electron chi connectivity index (χ0n) is 8.60. The van der Waals surface area contributed by atoms with Crippen LogP contribution in [0.4, 0.5) is 0 Å². The summed E-state index contributed by atoms with van der Waals surface area (Å²) in [5.74, 6) is -0.0469. The summed E-state index contributed by atoms with van der Waals surface area (Å²) in [4.78, 5) is 0. The second-order valence-electron chi connectivity index (χ2n) is 3.37. The average Bonchev–Trinajstić information content (AvgIpc) is 2.14. The number of sulfonamides is 1. The SMILES string of the molecule is Cc1cccc(CS(=O)(=O)NCCO)c1. The van der Waals surface area contributed by atoms with Crippen LogP contribution in [0.1, 0.15) is 11.1 Å². The minimum absolute atomic E-state index is 0.0469. The Hall–Kier alpha value is -0.910. The van der Waals surface area contributed by atoms with Crippen LogP contribution in [0.2, 0.25) is 0 Å². The van der Waals surface area contributed by atoms with Gasteiger partial charge in [-0.3, -0.25) is 0 Å². The third-order valence-electron chi connectivity index (χ3n) is 1.87. The molecule has 84 valence electrons. The van der Waals surface area contributed by atoms with Crippen molar-refractivity contribution < 1.29 is 13.5 Å². The van der Waals surface area contributed by atoms with Crippen LogP contribution in [0, 0.1) is 6.92 Å². The molecule has 0 saturated heterocycles. The maximum Gasteiger partial charge on any atom is 0.215 e. The van der Waals surface area contributed by atoms with Crippen molar-refractivity contribution in [3.05, 3.63) is 35.4 Å². The molecule has 0 radical (unpaired) electrons. The summed E-state index contributed by atoms with van der Waals surface area (Å²) in [5.41, 5.74) is 1.78. The van der Waals surface area contributed by atoms with E-state index >= 15 is 0 Å². The fraction of sp³-hybridized carbons (Fsp3) is 0.400. The third kappa shape index (κ3) is 4.42. The highest BCUT2D eigenvalue weighted by Gasteiger charge is 2.10. The maximum absolute atomic E-state index is 11.4. The zero-order valence-corrected chi connectivity index (χ0v) is 9.42. The molecule has 0 aliphatic rings. The number of nitrogens with one attached hydrogen (secondary N) is 1. The number of benzene rings is 1. The molecule has 1 aromatic rings. The Labute approximate surface area is 90.0 Å². The lowest BCUT2D eigenvalue weighted by Crippen LogP contribution is -2.27.